The minimum Gasteiger partial charge on any atom is -1.00 e. The zero-order valence-electron chi connectivity index (χ0n) is 19.1. The molecule has 0 bridgehead atoms. The van der Waals surface area contributed by atoms with Gasteiger partial charge in [-0.1, -0.05) is 120 Å². The average Bonchev–Trinajstić information content (AvgIpc) is 2.91. The fraction of sp³-hybridized carbons (Fsp3) is 0.179. The number of halogens is 2. The Balaban J connectivity index is 0.00000171. The van der Waals surface area contributed by atoms with Gasteiger partial charge >= 0.3 is 21.7 Å². The van der Waals surface area contributed by atoms with Crippen LogP contribution in [0.3, 0.4) is 0 Å². The monoisotopic (exact) mass is 511 g/mol. The van der Waals surface area contributed by atoms with Gasteiger partial charge < -0.3 is 31.7 Å². The van der Waals surface area contributed by atoms with Crippen molar-refractivity contribution in [3.8, 4) is 0 Å². The van der Waals surface area contributed by atoms with Crippen molar-refractivity contribution in [1.29, 1.82) is 0 Å². The summed E-state index contributed by atoms with van der Waals surface area (Å²) in [5, 5.41) is 5.78. The van der Waals surface area contributed by atoms with Crippen LogP contribution in [0.1, 0.15) is 27.7 Å². The van der Waals surface area contributed by atoms with Gasteiger partial charge in [0, 0.05) is 0 Å². The van der Waals surface area contributed by atoms with E-state index in [2.05, 4.69) is 119 Å². The van der Waals surface area contributed by atoms with E-state index >= 15 is 0 Å². The zero-order valence-corrected chi connectivity index (χ0v) is 23.2. The van der Waals surface area contributed by atoms with E-state index in [1.54, 1.807) is 0 Å². The van der Waals surface area contributed by atoms with Crippen LogP contribution in [0.15, 0.2) is 113 Å². The van der Waals surface area contributed by atoms with Gasteiger partial charge in [-0.2, -0.15) is 0 Å². The van der Waals surface area contributed by atoms with Gasteiger partial charge in [0.15, 0.2) is 8.07 Å². The van der Waals surface area contributed by atoms with Crippen LogP contribution >= 0.6 is 0 Å². The van der Waals surface area contributed by atoms with Crippen LogP contribution in [-0.4, -0.2) is 8.07 Å². The van der Waals surface area contributed by atoms with Crippen LogP contribution in [0.2, 0.25) is 0 Å². The number of allylic oxidation sites excluding steroid dienone is 4. The van der Waals surface area contributed by atoms with Crippen molar-refractivity contribution < 1.29 is 46.5 Å². The van der Waals surface area contributed by atoms with E-state index in [1.807, 2.05) is 0 Å². The van der Waals surface area contributed by atoms with E-state index in [9.17, 15) is 0 Å². The molecule has 0 aromatic heterocycles. The number of rotatable bonds is 4. The first-order valence-electron chi connectivity index (χ1n) is 10.3. The topological polar surface area (TPSA) is 0 Å². The predicted molar refractivity (Wildman–Crippen MR) is 129 cm³/mol. The van der Waals surface area contributed by atoms with E-state index in [-0.39, 0.29) is 51.9 Å². The predicted octanol–water partition coefficient (Wildman–Crippen LogP) is -0.792. The second-order valence-electron chi connectivity index (χ2n) is 8.43. The molecule has 163 valence electrons. The van der Waals surface area contributed by atoms with Gasteiger partial charge in [0.1, 0.15) is 0 Å². The molecule has 1 aliphatic carbocycles. The molecule has 0 nitrogen and oxygen atoms in total. The molecule has 1 unspecified atom stereocenters. The third kappa shape index (κ3) is 4.39. The summed E-state index contributed by atoms with van der Waals surface area (Å²) < 4.78 is 0. The Morgan fingerprint density at radius 1 is 0.594 bits per heavy atom. The van der Waals surface area contributed by atoms with Gasteiger partial charge in [-0.15, -0.1) is 5.41 Å². The maximum atomic E-state index is 4.79. The Morgan fingerprint density at radius 2 is 0.906 bits per heavy atom. The molecule has 0 spiro atoms. The molecule has 0 aliphatic heterocycles. The Bertz CT molecular complexity index is 991. The van der Waals surface area contributed by atoms with Gasteiger partial charge in [-0.05, 0) is 36.3 Å². The molecule has 4 rings (SSSR count). The summed E-state index contributed by atoms with van der Waals surface area (Å²) in [4.78, 5) is 0. The third-order valence-corrected chi connectivity index (χ3v) is 12.1. The summed E-state index contributed by atoms with van der Waals surface area (Å²) in [5.74, 6) is 0. The molecule has 0 N–H and O–H groups in total. The van der Waals surface area contributed by atoms with E-state index < -0.39 is 8.07 Å². The molecule has 0 amide bonds. The third-order valence-electron chi connectivity index (χ3n) is 6.87. The minimum atomic E-state index is -2.50. The molecule has 1 aliphatic rings. The van der Waals surface area contributed by atoms with Gasteiger partial charge in [-0.3, -0.25) is 0 Å². The Morgan fingerprint density at radius 3 is 1.16 bits per heavy atom. The van der Waals surface area contributed by atoms with Crippen molar-refractivity contribution in [1.82, 2.24) is 0 Å². The molecular formula is C28H29Cl2SiTi. The van der Waals surface area contributed by atoms with Crippen LogP contribution in [0, 0.1) is 12.3 Å². The first kappa shape index (κ1) is 28.7. The fourth-order valence-corrected chi connectivity index (χ4v) is 10.9. The summed E-state index contributed by atoms with van der Waals surface area (Å²) in [6.45, 7) is 13.9. The maximum absolute atomic E-state index is 4.79. The molecule has 1 radical (unpaired) electrons. The summed E-state index contributed by atoms with van der Waals surface area (Å²) in [5.41, 5.74) is 3.99. The number of benzene rings is 3. The van der Waals surface area contributed by atoms with Gasteiger partial charge in [0.2, 0.25) is 0 Å². The van der Waals surface area contributed by atoms with Crippen LogP contribution in [0.5, 0.6) is 0 Å². The molecule has 0 saturated heterocycles. The number of hydrogen-bond donors (Lipinski definition) is 0. The first-order chi connectivity index (χ1) is 13.9. The summed E-state index contributed by atoms with van der Waals surface area (Å²) in [7, 11) is -2.50. The van der Waals surface area contributed by atoms with E-state index in [0.29, 0.717) is 0 Å². The second-order valence-corrected chi connectivity index (χ2v) is 12.2. The fourth-order valence-electron chi connectivity index (χ4n) is 5.18. The van der Waals surface area contributed by atoms with Crippen LogP contribution in [0.25, 0.3) is 0 Å². The number of hydrogen-bond acceptors (Lipinski definition) is 0. The normalized spacial score (nSPS) is 17.9. The van der Waals surface area contributed by atoms with Crippen molar-refractivity contribution in [3.05, 3.63) is 120 Å². The standard InChI is InChI=1S/C28H29Si.2ClH.Ti/c1-21-22(2)27(28(4,5)23(21)3)29(24-15-9-6-10-16-24,25-17-11-7-12-18-25)26-19-13-8-14-20-26;;;/h6-20H,4H2,1-3,5H3;2*1H;/q-1;;;+3/p-2. The van der Waals surface area contributed by atoms with Gasteiger partial charge in [-0.25, -0.2) is 0 Å². The van der Waals surface area contributed by atoms with Gasteiger partial charge in [0.05, 0.1) is 0 Å². The molecule has 4 heteroatoms. The summed E-state index contributed by atoms with van der Waals surface area (Å²) in [6, 6.07) is 33.4. The Hall–Kier alpha value is -1.35. The van der Waals surface area contributed by atoms with Crippen LogP contribution < -0.4 is 40.4 Å². The average molecular weight is 512 g/mol. The second kappa shape index (κ2) is 11.2. The van der Waals surface area contributed by atoms with Gasteiger partial charge in [0.25, 0.3) is 0 Å². The molecule has 0 saturated carbocycles. The van der Waals surface area contributed by atoms with E-state index in [0.717, 1.165) is 0 Å². The SMILES string of the molecule is [CH2-]C1(C)C(C)=C(C)C(C)=C1[Si](c1ccccc1)(c1ccccc1)c1ccccc1.[Cl-].[Cl-].[Ti+3]. The minimum absolute atomic E-state index is 0. The molecule has 3 aromatic carbocycles. The van der Waals surface area contributed by atoms with E-state index in [1.165, 1.54) is 37.5 Å². The maximum Gasteiger partial charge on any atom is 3.00 e. The van der Waals surface area contributed by atoms with Crippen molar-refractivity contribution in [2.45, 2.75) is 27.7 Å². The molecule has 32 heavy (non-hydrogen) atoms. The molecule has 3 aromatic rings. The van der Waals surface area contributed by atoms with Crippen molar-refractivity contribution in [2.75, 3.05) is 0 Å². The molecule has 1 atom stereocenters. The molecular weight excluding hydrogens is 483 g/mol. The molecule has 0 heterocycles. The Kier molecular flexibility index (Phi) is 10.0. The van der Waals surface area contributed by atoms with Crippen molar-refractivity contribution >= 4 is 23.6 Å². The zero-order chi connectivity index (χ0) is 20.6. The van der Waals surface area contributed by atoms with Crippen LogP contribution in [-0.2, 0) is 21.7 Å². The largest absolute Gasteiger partial charge is 3.00 e. The summed E-state index contributed by atoms with van der Waals surface area (Å²) >= 11 is 0. The quantitative estimate of drug-likeness (QED) is 0.244. The molecule has 0 fully saturated rings. The van der Waals surface area contributed by atoms with Crippen molar-refractivity contribution in [2.24, 2.45) is 5.41 Å². The smallest absolute Gasteiger partial charge is 1.00 e. The van der Waals surface area contributed by atoms with Crippen molar-refractivity contribution in [3.63, 3.8) is 0 Å². The van der Waals surface area contributed by atoms with E-state index in [4.69, 9.17) is 6.92 Å². The summed E-state index contributed by atoms with van der Waals surface area (Å²) in [6.07, 6.45) is 0. The Labute approximate surface area is 222 Å². The van der Waals surface area contributed by atoms with Crippen LogP contribution in [0.4, 0.5) is 0 Å². The first-order valence-corrected chi connectivity index (χ1v) is 12.3.